The number of benzene rings is 1. The fourth-order valence-electron chi connectivity index (χ4n) is 1.31. The molecule has 0 atom stereocenters. The highest BCUT2D eigenvalue weighted by atomic mass is 35.5. The van der Waals surface area contributed by atoms with Crippen molar-refractivity contribution in [1.29, 1.82) is 0 Å². The van der Waals surface area contributed by atoms with Gasteiger partial charge in [-0.25, -0.2) is 14.2 Å². The molecule has 6 heteroatoms. The molecule has 3 nitrogen and oxygen atoms in total. The molecule has 0 spiro atoms. The molecule has 1 heterocycles. The lowest BCUT2D eigenvalue weighted by Gasteiger charge is -2.09. The predicted molar refractivity (Wildman–Crippen MR) is 70.2 cm³/mol. The zero-order valence-corrected chi connectivity index (χ0v) is 10.4. The van der Waals surface area contributed by atoms with Crippen LogP contribution in [0.3, 0.4) is 0 Å². The Kier molecular flexibility index (Phi) is 3.66. The summed E-state index contributed by atoms with van der Waals surface area (Å²) >= 11 is 11.6. The normalized spacial score (nSPS) is 9.89. The molecule has 0 aliphatic rings. The molecular weight excluding hydrogens is 276 g/mol. The summed E-state index contributed by atoms with van der Waals surface area (Å²) in [6.45, 7) is 6.85. The lowest BCUT2D eigenvalue weighted by atomic mass is 10.3. The number of hydrogen-bond donors (Lipinski definition) is 1. The minimum atomic E-state index is -0.649. The van der Waals surface area contributed by atoms with Gasteiger partial charge in [0, 0.05) is 6.20 Å². The van der Waals surface area contributed by atoms with Gasteiger partial charge in [0.25, 0.3) is 0 Å². The van der Waals surface area contributed by atoms with E-state index in [1.165, 1.54) is 18.3 Å². The molecule has 0 radical (unpaired) electrons. The Morgan fingerprint density at radius 2 is 2.00 bits per heavy atom. The first-order valence-electron chi connectivity index (χ1n) is 4.86. The summed E-state index contributed by atoms with van der Waals surface area (Å²) in [5, 5.41) is 3.01. The summed E-state index contributed by atoms with van der Waals surface area (Å²) in [6, 6.07) is 5.99. The Hall–Kier alpha value is -1.83. The Morgan fingerprint density at radius 3 is 2.67 bits per heavy atom. The minimum Gasteiger partial charge on any atom is -0.337 e. The maximum Gasteiger partial charge on any atom is 0.188 e. The maximum absolute atomic E-state index is 13.6. The van der Waals surface area contributed by atoms with Crippen molar-refractivity contribution in [1.82, 2.24) is 4.98 Å². The Balaban J connectivity index is 2.35. The Morgan fingerprint density at radius 1 is 1.22 bits per heavy atom. The van der Waals surface area contributed by atoms with Crippen LogP contribution in [0.4, 0.5) is 21.6 Å². The van der Waals surface area contributed by atoms with Gasteiger partial charge >= 0.3 is 0 Å². The SMILES string of the molecule is [C-]#[N+]c1ccc(Nc2nccc(Cl)c2F)c(Cl)c1. The first kappa shape index (κ1) is 12.6. The van der Waals surface area contributed by atoms with Gasteiger partial charge in [-0.1, -0.05) is 29.3 Å². The fourth-order valence-corrected chi connectivity index (χ4v) is 1.68. The van der Waals surface area contributed by atoms with E-state index in [9.17, 15) is 4.39 Å². The van der Waals surface area contributed by atoms with Gasteiger partial charge in [-0.3, -0.25) is 0 Å². The first-order chi connectivity index (χ1) is 8.61. The number of halogens is 3. The zero-order valence-electron chi connectivity index (χ0n) is 8.92. The van der Waals surface area contributed by atoms with Crippen LogP contribution < -0.4 is 5.32 Å². The Labute approximate surface area is 113 Å². The molecule has 1 N–H and O–H groups in total. The van der Waals surface area contributed by atoms with E-state index in [0.29, 0.717) is 16.4 Å². The summed E-state index contributed by atoms with van der Waals surface area (Å²) in [5.41, 5.74) is 0.864. The Bertz CT molecular complexity index is 638. The van der Waals surface area contributed by atoms with Crippen LogP contribution in [0.1, 0.15) is 0 Å². The van der Waals surface area contributed by atoms with E-state index in [0.717, 1.165) is 0 Å². The van der Waals surface area contributed by atoms with Crippen molar-refractivity contribution in [3.63, 3.8) is 0 Å². The summed E-state index contributed by atoms with van der Waals surface area (Å²) in [7, 11) is 0. The lowest BCUT2D eigenvalue weighted by molar-refractivity contribution is 0.627. The van der Waals surface area contributed by atoms with Crippen LogP contribution in [0.2, 0.25) is 10.0 Å². The van der Waals surface area contributed by atoms with E-state index in [4.69, 9.17) is 29.8 Å². The van der Waals surface area contributed by atoms with Gasteiger partial charge in [0.15, 0.2) is 17.3 Å². The van der Waals surface area contributed by atoms with Crippen LogP contribution in [-0.2, 0) is 0 Å². The second kappa shape index (κ2) is 5.21. The third-order valence-corrected chi connectivity index (χ3v) is 2.78. The monoisotopic (exact) mass is 281 g/mol. The van der Waals surface area contributed by atoms with Gasteiger partial charge in [-0.15, -0.1) is 0 Å². The van der Waals surface area contributed by atoms with Crippen LogP contribution in [-0.4, -0.2) is 4.98 Å². The average molecular weight is 282 g/mol. The topological polar surface area (TPSA) is 29.3 Å². The molecular formula is C12H6Cl2FN3. The highest BCUT2D eigenvalue weighted by Crippen LogP contribution is 2.30. The molecule has 90 valence electrons. The molecule has 0 aliphatic carbocycles. The van der Waals surface area contributed by atoms with E-state index in [-0.39, 0.29) is 10.8 Å². The molecule has 0 saturated heterocycles. The molecule has 0 fully saturated rings. The molecule has 0 amide bonds. The summed E-state index contributed by atoms with van der Waals surface area (Å²) in [4.78, 5) is 7.07. The maximum atomic E-state index is 13.6. The minimum absolute atomic E-state index is 0.0139. The third-order valence-electron chi connectivity index (χ3n) is 2.18. The van der Waals surface area contributed by atoms with Crippen LogP contribution in [0.5, 0.6) is 0 Å². The van der Waals surface area contributed by atoms with E-state index in [1.54, 1.807) is 12.1 Å². The van der Waals surface area contributed by atoms with E-state index in [2.05, 4.69) is 15.1 Å². The molecule has 0 aliphatic heterocycles. The van der Waals surface area contributed by atoms with Gasteiger partial charge in [-0.2, -0.15) is 0 Å². The van der Waals surface area contributed by atoms with E-state index in [1.807, 2.05) is 0 Å². The predicted octanol–water partition coefficient (Wildman–Crippen LogP) is 4.82. The largest absolute Gasteiger partial charge is 0.337 e. The van der Waals surface area contributed by atoms with Crippen LogP contribution >= 0.6 is 23.2 Å². The van der Waals surface area contributed by atoms with E-state index < -0.39 is 5.82 Å². The highest BCUT2D eigenvalue weighted by Gasteiger charge is 2.09. The zero-order chi connectivity index (χ0) is 13.1. The molecule has 0 unspecified atom stereocenters. The van der Waals surface area contributed by atoms with Crippen LogP contribution in [0.25, 0.3) is 4.85 Å². The van der Waals surface area contributed by atoms with Gasteiger partial charge in [0.2, 0.25) is 0 Å². The van der Waals surface area contributed by atoms with Crippen molar-refractivity contribution >= 4 is 40.4 Å². The van der Waals surface area contributed by atoms with Crippen LogP contribution in [0.15, 0.2) is 30.5 Å². The number of aromatic nitrogens is 1. The fraction of sp³-hybridized carbons (Fsp3) is 0. The molecule has 2 aromatic rings. The average Bonchev–Trinajstić information content (AvgIpc) is 2.37. The number of nitrogens with one attached hydrogen (secondary N) is 1. The van der Waals surface area contributed by atoms with Crippen molar-refractivity contribution in [3.05, 3.63) is 57.7 Å². The molecule has 0 saturated carbocycles. The third kappa shape index (κ3) is 2.53. The smallest absolute Gasteiger partial charge is 0.188 e. The van der Waals surface area contributed by atoms with Gasteiger partial charge in [0.05, 0.1) is 22.3 Å². The summed E-state index contributed by atoms with van der Waals surface area (Å²) in [6.07, 6.45) is 1.38. The molecule has 1 aromatic carbocycles. The quantitative estimate of drug-likeness (QED) is 0.800. The van der Waals surface area contributed by atoms with Gasteiger partial charge < -0.3 is 5.32 Å². The molecule has 0 bridgehead atoms. The van der Waals surface area contributed by atoms with Crippen molar-refractivity contribution in [3.8, 4) is 0 Å². The highest BCUT2D eigenvalue weighted by molar-refractivity contribution is 6.33. The van der Waals surface area contributed by atoms with Crippen LogP contribution in [0, 0.1) is 12.4 Å². The molecule has 2 rings (SSSR count). The number of nitrogens with zero attached hydrogens (tertiary/aromatic N) is 2. The second-order valence-electron chi connectivity index (χ2n) is 3.36. The second-order valence-corrected chi connectivity index (χ2v) is 4.17. The van der Waals surface area contributed by atoms with Crippen molar-refractivity contribution in [2.24, 2.45) is 0 Å². The van der Waals surface area contributed by atoms with Gasteiger partial charge in [0.1, 0.15) is 0 Å². The summed E-state index contributed by atoms with van der Waals surface area (Å²) < 4.78 is 13.6. The number of hydrogen-bond acceptors (Lipinski definition) is 2. The van der Waals surface area contributed by atoms with Crippen molar-refractivity contribution in [2.45, 2.75) is 0 Å². The number of rotatable bonds is 2. The molecule has 18 heavy (non-hydrogen) atoms. The first-order valence-corrected chi connectivity index (χ1v) is 5.61. The lowest BCUT2D eigenvalue weighted by Crippen LogP contribution is -1.97. The number of pyridine rings is 1. The van der Waals surface area contributed by atoms with E-state index >= 15 is 0 Å². The summed E-state index contributed by atoms with van der Waals surface area (Å²) in [5.74, 6) is -0.663. The number of anilines is 2. The van der Waals surface area contributed by atoms with Crippen molar-refractivity contribution in [2.75, 3.05) is 5.32 Å². The molecule has 1 aromatic heterocycles. The van der Waals surface area contributed by atoms with Crippen molar-refractivity contribution < 1.29 is 4.39 Å². The standard InChI is InChI=1S/C12H6Cl2FN3/c1-16-7-2-3-10(9(14)6-7)18-12-11(15)8(13)4-5-17-12/h2-6H,(H,17,18). The van der Waals surface area contributed by atoms with Gasteiger partial charge in [-0.05, 0) is 18.2 Å².